The Kier molecular flexibility index (Phi) is 2.73. The Morgan fingerprint density at radius 1 is 1.44 bits per heavy atom. The summed E-state index contributed by atoms with van der Waals surface area (Å²) in [5.41, 5.74) is 0.954. The van der Waals surface area contributed by atoms with Gasteiger partial charge in [-0.15, -0.1) is 0 Å². The van der Waals surface area contributed by atoms with Crippen molar-refractivity contribution >= 4 is 5.97 Å². The summed E-state index contributed by atoms with van der Waals surface area (Å²) in [5.74, 6) is 0.693. The molecule has 0 saturated heterocycles. The van der Waals surface area contributed by atoms with Gasteiger partial charge in [-0.1, -0.05) is 6.07 Å². The Morgan fingerprint density at radius 2 is 2.19 bits per heavy atom. The van der Waals surface area contributed by atoms with Crippen LogP contribution in [0, 0.1) is 5.92 Å². The summed E-state index contributed by atoms with van der Waals surface area (Å²) in [6.45, 7) is 0. The second-order valence-electron chi connectivity index (χ2n) is 3.90. The van der Waals surface area contributed by atoms with Crippen molar-refractivity contribution in [2.24, 2.45) is 5.92 Å². The highest BCUT2D eigenvalue weighted by molar-refractivity contribution is 5.77. The Labute approximate surface area is 93.8 Å². The Hall–Kier alpha value is -1.71. The van der Waals surface area contributed by atoms with Crippen molar-refractivity contribution in [3.05, 3.63) is 23.8 Å². The number of carbonyl (C=O) groups is 1. The van der Waals surface area contributed by atoms with E-state index in [9.17, 15) is 9.90 Å². The van der Waals surface area contributed by atoms with Gasteiger partial charge in [0.05, 0.1) is 20.1 Å². The molecule has 0 radical (unpaired) electrons. The van der Waals surface area contributed by atoms with E-state index in [0.717, 1.165) is 12.0 Å². The summed E-state index contributed by atoms with van der Waals surface area (Å²) in [6.07, 6.45) is 0.786. The topological polar surface area (TPSA) is 55.8 Å². The molecule has 0 spiro atoms. The van der Waals surface area contributed by atoms with Gasteiger partial charge in [-0.3, -0.25) is 4.79 Å². The second kappa shape index (κ2) is 4.04. The largest absolute Gasteiger partial charge is 0.508 e. The highest BCUT2D eigenvalue weighted by Crippen LogP contribution is 2.51. The normalized spacial score (nSPS) is 22.6. The summed E-state index contributed by atoms with van der Waals surface area (Å²) >= 11 is 0. The van der Waals surface area contributed by atoms with E-state index in [-0.39, 0.29) is 23.6 Å². The average Bonchev–Trinajstić information content (AvgIpc) is 3.07. The smallest absolute Gasteiger partial charge is 0.309 e. The maximum Gasteiger partial charge on any atom is 0.309 e. The second-order valence-corrected chi connectivity index (χ2v) is 3.90. The third-order valence-corrected chi connectivity index (χ3v) is 2.91. The predicted octanol–water partition coefficient (Wildman–Crippen LogP) is 1.68. The molecule has 0 unspecified atom stereocenters. The Bertz CT molecular complexity index is 413. The van der Waals surface area contributed by atoms with E-state index in [1.165, 1.54) is 7.11 Å². The van der Waals surface area contributed by atoms with Crippen molar-refractivity contribution in [2.45, 2.75) is 12.3 Å². The number of esters is 1. The van der Waals surface area contributed by atoms with Crippen LogP contribution in [-0.2, 0) is 9.53 Å². The lowest BCUT2D eigenvalue weighted by Crippen LogP contribution is -2.04. The first kappa shape index (κ1) is 10.8. The van der Waals surface area contributed by atoms with E-state index in [0.29, 0.717) is 5.75 Å². The molecule has 1 aromatic rings. The minimum atomic E-state index is -0.180. The number of carbonyl (C=O) groups excluding carboxylic acids is 1. The van der Waals surface area contributed by atoms with Crippen LogP contribution in [-0.4, -0.2) is 25.3 Å². The van der Waals surface area contributed by atoms with Gasteiger partial charge in [-0.05, 0) is 18.1 Å². The predicted molar refractivity (Wildman–Crippen MR) is 57.5 cm³/mol. The summed E-state index contributed by atoms with van der Waals surface area (Å²) in [5, 5.41) is 9.32. The fourth-order valence-corrected chi connectivity index (χ4v) is 1.96. The van der Waals surface area contributed by atoms with Crippen molar-refractivity contribution in [3.63, 3.8) is 0 Å². The van der Waals surface area contributed by atoms with Gasteiger partial charge < -0.3 is 14.6 Å². The Morgan fingerprint density at radius 3 is 2.81 bits per heavy atom. The fourth-order valence-electron chi connectivity index (χ4n) is 1.96. The van der Waals surface area contributed by atoms with Gasteiger partial charge in [0.15, 0.2) is 0 Å². The number of benzene rings is 1. The van der Waals surface area contributed by atoms with Crippen molar-refractivity contribution in [2.75, 3.05) is 14.2 Å². The molecule has 0 heterocycles. The van der Waals surface area contributed by atoms with Gasteiger partial charge in [0, 0.05) is 12.0 Å². The molecule has 1 saturated carbocycles. The molecule has 16 heavy (non-hydrogen) atoms. The molecule has 1 fully saturated rings. The molecule has 1 aliphatic rings. The summed E-state index contributed by atoms with van der Waals surface area (Å²) in [4.78, 5) is 11.3. The molecule has 2 atom stereocenters. The number of ether oxygens (including phenoxy) is 2. The molecule has 0 aromatic heterocycles. The molecule has 4 heteroatoms. The van der Waals surface area contributed by atoms with Crippen molar-refractivity contribution in [3.8, 4) is 11.5 Å². The van der Waals surface area contributed by atoms with E-state index in [2.05, 4.69) is 0 Å². The standard InChI is InChI=1S/C12H14O4/c1-15-11-5-7(13)3-4-8(11)9-6-10(9)12(14)16-2/h3-5,9-10,13H,6H2,1-2H3/t9-,10+/m1/s1. The lowest BCUT2D eigenvalue weighted by molar-refractivity contribution is -0.142. The molecular formula is C12H14O4. The number of hydrogen-bond acceptors (Lipinski definition) is 4. The zero-order chi connectivity index (χ0) is 11.7. The van der Waals surface area contributed by atoms with Crippen LogP contribution in [0.2, 0.25) is 0 Å². The number of methoxy groups -OCH3 is 2. The van der Waals surface area contributed by atoms with Gasteiger partial charge in [0.2, 0.25) is 0 Å². The minimum Gasteiger partial charge on any atom is -0.508 e. The van der Waals surface area contributed by atoms with Crippen molar-refractivity contribution in [1.82, 2.24) is 0 Å². The van der Waals surface area contributed by atoms with Crippen LogP contribution in [0.3, 0.4) is 0 Å². The highest BCUT2D eigenvalue weighted by atomic mass is 16.5. The van der Waals surface area contributed by atoms with E-state index in [1.54, 1.807) is 25.3 Å². The third-order valence-electron chi connectivity index (χ3n) is 2.91. The molecule has 1 N–H and O–H groups in total. The molecular weight excluding hydrogens is 208 g/mol. The monoisotopic (exact) mass is 222 g/mol. The number of phenolic OH excluding ortho intramolecular Hbond substituents is 1. The third kappa shape index (κ3) is 1.83. The van der Waals surface area contributed by atoms with Crippen LogP contribution in [0.15, 0.2) is 18.2 Å². The fraction of sp³-hybridized carbons (Fsp3) is 0.417. The number of phenols is 1. The zero-order valence-electron chi connectivity index (χ0n) is 9.27. The molecule has 0 amide bonds. The Balaban J connectivity index is 2.20. The van der Waals surface area contributed by atoms with Gasteiger partial charge in [0.25, 0.3) is 0 Å². The van der Waals surface area contributed by atoms with Crippen molar-refractivity contribution in [1.29, 1.82) is 0 Å². The average molecular weight is 222 g/mol. The SMILES string of the molecule is COC(=O)[C@H]1C[C@@H]1c1ccc(O)cc1OC. The summed E-state index contributed by atoms with van der Waals surface area (Å²) in [6, 6.07) is 4.95. The number of aromatic hydroxyl groups is 1. The molecule has 0 bridgehead atoms. The van der Waals surface area contributed by atoms with Gasteiger partial charge >= 0.3 is 5.97 Å². The lowest BCUT2D eigenvalue weighted by Gasteiger charge is -2.08. The van der Waals surface area contributed by atoms with Crippen LogP contribution in [0.4, 0.5) is 0 Å². The summed E-state index contributed by atoms with van der Waals surface area (Å²) < 4.78 is 9.87. The lowest BCUT2D eigenvalue weighted by atomic mass is 10.1. The molecule has 4 nitrogen and oxygen atoms in total. The maximum atomic E-state index is 11.3. The molecule has 1 aromatic carbocycles. The first-order valence-electron chi connectivity index (χ1n) is 5.12. The molecule has 1 aliphatic carbocycles. The van der Waals surface area contributed by atoms with Crippen LogP contribution in [0.5, 0.6) is 11.5 Å². The molecule has 2 rings (SSSR count). The van der Waals surface area contributed by atoms with E-state index in [4.69, 9.17) is 9.47 Å². The van der Waals surface area contributed by atoms with Gasteiger partial charge in [-0.2, -0.15) is 0 Å². The van der Waals surface area contributed by atoms with Crippen LogP contribution >= 0.6 is 0 Å². The first-order chi connectivity index (χ1) is 7.67. The highest BCUT2D eigenvalue weighted by Gasteiger charge is 2.46. The van der Waals surface area contributed by atoms with E-state index in [1.807, 2.05) is 0 Å². The van der Waals surface area contributed by atoms with Crippen molar-refractivity contribution < 1.29 is 19.4 Å². The maximum absolute atomic E-state index is 11.3. The van der Waals surface area contributed by atoms with Gasteiger partial charge in [-0.25, -0.2) is 0 Å². The van der Waals surface area contributed by atoms with Crippen LogP contribution in [0.25, 0.3) is 0 Å². The molecule has 0 aliphatic heterocycles. The van der Waals surface area contributed by atoms with E-state index < -0.39 is 0 Å². The number of rotatable bonds is 3. The van der Waals surface area contributed by atoms with Gasteiger partial charge in [0.1, 0.15) is 11.5 Å². The minimum absolute atomic E-state index is 0.0663. The zero-order valence-corrected chi connectivity index (χ0v) is 9.27. The summed E-state index contributed by atoms with van der Waals surface area (Å²) in [7, 11) is 2.94. The first-order valence-corrected chi connectivity index (χ1v) is 5.12. The van der Waals surface area contributed by atoms with Crippen LogP contribution < -0.4 is 4.74 Å². The van der Waals surface area contributed by atoms with Crippen LogP contribution in [0.1, 0.15) is 17.9 Å². The van der Waals surface area contributed by atoms with E-state index >= 15 is 0 Å². The quantitative estimate of drug-likeness (QED) is 0.790. The number of hydrogen-bond donors (Lipinski definition) is 1. The molecule has 86 valence electrons.